The highest BCUT2D eigenvalue weighted by atomic mass is 16.3. The van der Waals surface area contributed by atoms with Crippen LogP contribution >= 0.6 is 0 Å². The summed E-state index contributed by atoms with van der Waals surface area (Å²) >= 11 is 0. The maximum absolute atomic E-state index is 11.0. The summed E-state index contributed by atoms with van der Waals surface area (Å²) in [6, 6.07) is 9.19. The van der Waals surface area contributed by atoms with Crippen LogP contribution in [0.5, 0.6) is 0 Å². The van der Waals surface area contributed by atoms with Gasteiger partial charge in [0.25, 0.3) is 0 Å². The number of hydrogen-bond acceptors (Lipinski definition) is 3. The minimum Gasteiger partial charge on any atom is -0.396 e. The van der Waals surface area contributed by atoms with Gasteiger partial charge in [-0.1, -0.05) is 24.3 Å². The van der Waals surface area contributed by atoms with Crippen LogP contribution in [0.15, 0.2) is 24.3 Å². The molecule has 4 nitrogen and oxygen atoms in total. The van der Waals surface area contributed by atoms with Crippen molar-refractivity contribution < 1.29 is 9.90 Å². The van der Waals surface area contributed by atoms with Gasteiger partial charge < -0.3 is 10.4 Å². The first-order valence-corrected chi connectivity index (χ1v) is 8.39. The maximum atomic E-state index is 11.0. The topological polar surface area (TPSA) is 52.6 Å². The van der Waals surface area contributed by atoms with E-state index in [4.69, 9.17) is 5.11 Å². The molecule has 0 fully saturated rings. The number of carbonyl (C=O) groups is 1. The standard InChI is InChI=1S/C18H28N2O2/c1-15(22)19-11-5-12-20(13-6-14-21)18-10-4-8-16-7-2-3-9-17(16)18/h2-3,7,9,18,21H,4-6,8,10-14H2,1H3,(H,19,22). The summed E-state index contributed by atoms with van der Waals surface area (Å²) in [6.45, 7) is 4.38. The van der Waals surface area contributed by atoms with Crippen LogP contribution in [0, 0.1) is 0 Å². The summed E-state index contributed by atoms with van der Waals surface area (Å²) in [6.07, 6.45) is 5.33. The number of hydrogen-bond donors (Lipinski definition) is 2. The van der Waals surface area contributed by atoms with Crippen LogP contribution in [0.25, 0.3) is 0 Å². The molecule has 0 aromatic heterocycles. The molecule has 1 aromatic rings. The number of nitrogens with one attached hydrogen (secondary N) is 1. The van der Waals surface area contributed by atoms with Crippen LogP contribution in [-0.4, -0.2) is 42.2 Å². The molecule has 1 atom stereocenters. The van der Waals surface area contributed by atoms with E-state index in [-0.39, 0.29) is 12.5 Å². The molecule has 0 aliphatic heterocycles. The Balaban J connectivity index is 2.00. The summed E-state index contributed by atoms with van der Waals surface area (Å²) in [5.74, 6) is 0.0323. The van der Waals surface area contributed by atoms with Gasteiger partial charge in [-0.3, -0.25) is 9.69 Å². The summed E-state index contributed by atoms with van der Waals surface area (Å²) < 4.78 is 0. The predicted octanol–water partition coefficient (Wildman–Crippen LogP) is 2.27. The number of aliphatic hydroxyl groups excluding tert-OH is 1. The number of nitrogens with zero attached hydrogens (tertiary/aromatic N) is 1. The highest BCUT2D eigenvalue weighted by Gasteiger charge is 2.24. The first kappa shape index (κ1) is 17.0. The van der Waals surface area contributed by atoms with Gasteiger partial charge in [0.1, 0.15) is 0 Å². The Morgan fingerprint density at radius 2 is 2.09 bits per heavy atom. The van der Waals surface area contributed by atoms with E-state index in [0.29, 0.717) is 6.04 Å². The van der Waals surface area contributed by atoms with Crippen LogP contribution in [0.4, 0.5) is 0 Å². The summed E-state index contributed by atoms with van der Waals surface area (Å²) in [4.78, 5) is 13.5. The monoisotopic (exact) mass is 304 g/mol. The van der Waals surface area contributed by atoms with Gasteiger partial charge in [-0.25, -0.2) is 0 Å². The van der Waals surface area contributed by atoms with E-state index in [2.05, 4.69) is 34.5 Å². The molecule has 1 aliphatic carbocycles. The lowest BCUT2D eigenvalue weighted by atomic mass is 9.86. The smallest absolute Gasteiger partial charge is 0.216 e. The minimum atomic E-state index is 0.0323. The van der Waals surface area contributed by atoms with Crippen molar-refractivity contribution in [2.75, 3.05) is 26.2 Å². The Morgan fingerprint density at radius 1 is 1.32 bits per heavy atom. The lowest BCUT2D eigenvalue weighted by Crippen LogP contribution is -2.35. The van der Waals surface area contributed by atoms with Crippen LogP contribution < -0.4 is 5.32 Å². The number of amides is 1. The zero-order chi connectivity index (χ0) is 15.8. The lowest BCUT2D eigenvalue weighted by molar-refractivity contribution is -0.118. The first-order chi connectivity index (χ1) is 10.7. The van der Waals surface area contributed by atoms with Gasteiger partial charge in [0.15, 0.2) is 0 Å². The van der Waals surface area contributed by atoms with Crippen molar-refractivity contribution in [2.24, 2.45) is 0 Å². The molecule has 2 N–H and O–H groups in total. The summed E-state index contributed by atoms with van der Waals surface area (Å²) in [5, 5.41) is 12.0. The molecule has 2 rings (SSSR count). The molecule has 0 spiro atoms. The highest BCUT2D eigenvalue weighted by Crippen LogP contribution is 2.34. The summed E-state index contributed by atoms with van der Waals surface area (Å²) in [7, 11) is 0. The van der Waals surface area contributed by atoms with Crippen molar-refractivity contribution in [3.8, 4) is 0 Å². The zero-order valence-corrected chi connectivity index (χ0v) is 13.6. The average Bonchev–Trinajstić information content (AvgIpc) is 2.53. The molecule has 1 aliphatic rings. The second-order valence-electron chi connectivity index (χ2n) is 6.06. The van der Waals surface area contributed by atoms with Crippen molar-refractivity contribution >= 4 is 5.91 Å². The second-order valence-corrected chi connectivity index (χ2v) is 6.06. The fourth-order valence-electron chi connectivity index (χ4n) is 3.35. The molecule has 4 heteroatoms. The fraction of sp³-hybridized carbons (Fsp3) is 0.611. The molecule has 0 radical (unpaired) electrons. The molecule has 0 bridgehead atoms. The van der Waals surface area contributed by atoms with Gasteiger partial charge in [0, 0.05) is 39.2 Å². The minimum absolute atomic E-state index is 0.0323. The molecule has 1 unspecified atom stereocenters. The summed E-state index contributed by atoms with van der Waals surface area (Å²) in [5.41, 5.74) is 2.92. The molecule has 1 aromatic carbocycles. The Labute approximate surface area is 133 Å². The zero-order valence-electron chi connectivity index (χ0n) is 13.6. The second kappa shape index (κ2) is 8.91. The molecular weight excluding hydrogens is 276 g/mol. The Morgan fingerprint density at radius 3 is 2.86 bits per heavy atom. The quantitative estimate of drug-likeness (QED) is 0.725. The van der Waals surface area contributed by atoms with E-state index >= 15 is 0 Å². The van der Waals surface area contributed by atoms with Crippen molar-refractivity contribution in [3.05, 3.63) is 35.4 Å². The van der Waals surface area contributed by atoms with Crippen molar-refractivity contribution in [3.63, 3.8) is 0 Å². The third-order valence-electron chi connectivity index (χ3n) is 4.38. The number of carbonyl (C=O) groups excluding carboxylic acids is 1. The Bertz CT molecular complexity index is 476. The Hall–Kier alpha value is -1.39. The van der Waals surface area contributed by atoms with Crippen molar-refractivity contribution in [2.45, 2.75) is 45.1 Å². The van der Waals surface area contributed by atoms with E-state index in [1.807, 2.05) is 0 Å². The van der Waals surface area contributed by atoms with E-state index in [9.17, 15) is 4.79 Å². The van der Waals surface area contributed by atoms with E-state index in [0.717, 1.165) is 32.5 Å². The molecule has 0 heterocycles. The largest absolute Gasteiger partial charge is 0.396 e. The van der Waals surface area contributed by atoms with Crippen LogP contribution in [0.2, 0.25) is 0 Å². The number of aliphatic hydroxyl groups is 1. The number of aryl methyl sites for hydroxylation is 1. The maximum Gasteiger partial charge on any atom is 0.216 e. The van der Waals surface area contributed by atoms with Crippen LogP contribution in [0.3, 0.4) is 0 Å². The molecule has 22 heavy (non-hydrogen) atoms. The van der Waals surface area contributed by atoms with E-state index in [1.165, 1.54) is 30.4 Å². The number of fused-ring (bicyclic) bond motifs is 1. The molecular formula is C18H28N2O2. The highest BCUT2D eigenvalue weighted by molar-refractivity contribution is 5.72. The molecule has 0 saturated heterocycles. The van der Waals surface area contributed by atoms with Crippen molar-refractivity contribution in [1.82, 2.24) is 10.2 Å². The van der Waals surface area contributed by atoms with E-state index < -0.39 is 0 Å². The molecule has 0 saturated carbocycles. The lowest BCUT2D eigenvalue weighted by Gasteiger charge is -2.36. The van der Waals surface area contributed by atoms with Gasteiger partial charge >= 0.3 is 0 Å². The average molecular weight is 304 g/mol. The van der Waals surface area contributed by atoms with Gasteiger partial charge in [-0.2, -0.15) is 0 Å². The van der Waals surface area contributed by atoms with Gasteiger partial charge in [0.2, 0.25) is 5.91 Å². The van der Waals surface area contributed by atoms with Crippen LogP contribution in [0.1, 0.15) is 49.8 Å². The normalized spacial score (nSPS) is 17.3. The van der Waals surface area contributed by atoms with E-state index in [1.54, 1.807) is 6.92 Å². The Kier molecular flexibility index (Phi) is 6.87. The molecule has 122 valence electrons. The fourth-order valence-corrected chi connectivity index (χ4v) is 3.35. The van der Waals surface area contributed by atoms with Crippen molar-refractivity contribution in [1.29, 1.82) is 0 Å². The predicted molar refractivity (Wildman–Crippen MR) is 88.7 cm³/mol. The van der Waals surface area contributed by atoms with Gasteiger partial charge in [0.05, 0.1) is 0 Å². The SMILES string of the molecule is CC(=O)NCCCN(CCCO)C1CCCc2ccccc21. The number of benzene rings is 1. The molecule has 1 amide bonds. The first-order valence-electron chi connectivity index (χ1n) is 8.39. The van der Waals surface area contributed by atoms with Crippen LogP contribution in [-0.2, 0) is 11.2 Å². The third-order valence-corrected chi connectivity index (χ3v) is 4.38. The number of rotatable bonds is 8. The van der Waals surface area contributed by atoms with Gasteiger partial charge in [-0.05, 0) is 43.2 Å². The van der Waals surface area contributed by atoms with Gasteiger partial charge in [-0.15, -0.1) is 0 Å². The third kappa shape index (κ3) is 4.82.